The monoisotopic (exact) mass is 312 g/mol. The van der Waals surface area contributed by atoms with Crippen LogP contribution in [0.25, 0.3) is 0 Å². The van der Waals surface area contributed by atoms with Crippen LogP contribution in [0.3, 0.4) is 0 Å². The first-order valence-electron chi connectivity index (χ1n) is 7.87. The molecule has 0 spiro atoms. The molecule has 118 valence electrons. The Balaban J connectivity index is 1.41. The van der Waals surface area contributed by atoms with Gasteiger partial charge in [-0.1, -0.05) is 0 Å². The molecule has 1 N–H and O–H groups in total. The van der Waals surface area contributed by atoms with Gasteiger partial charge in [0, 0.05) is 13.1 Å². The van der Waals surface area contributed by atoms with Crippen molar-refractivity contribution in [2.75, 3.05) is 19.6 Å². The topological polar surface area (TPSA) is 62.6 Å². The maximum Gasteiger partial charge on any atom is 0.214 e. The van der Waals surface area contributed by atoms with Crippen molar-refractivity contribution in [3.8, 4) is 0 Å². The third-order valence-corrected chi connectivity index (χ3v) is 6.34. The highest BCUT2D eigenvalue weighted by Crippen LogP contribution is 2.27. The Morgan fingerprint density at radius 1 is 1.33 bits per heavy atom. The molecule has 5 nitrogen and oxygen atoms in total. The smallest absolute Gasteiger partial charge is 0.214 e. The van der Waals surface area contributed by atoms with Gasteiger partial charge in [0.2, 0.25) is 10.0 Å². The molecule has 21 heavy (non-hydrogen) atoms. The van der Waals surface area contributed by atoms with E-state index in [1.165, 1.54) is 12.8 Å². The predicted octanol–water partition coefficient (Wildman–Crippen LogP) is 1.96. The first-order valence-corrected chi connectivity index (χ1v) is 9.41. The second kappa shape index (κ2) is 6.50. The Bertz CT molecular complexity index is 537. The normalized spacial score (nSPS) is 24.3. The van der Waals surface area contributed by atoms with Gasteiger partial charge < -0.3 is 4.42 Å². The van der Waals surface area contributed by atoms with Crippen molar-refractivity contribution in [3.63, 3.8) is 0 Å². The van der Waals surface area contributed by atoms with Crippen molar-refractivity contribution < 1.29 is 12.8 Å². The summed E-state index contributed by atoms with van der Waals surface area (Å²) in [5.41, 5.74) is 0. The van der Waals surface area contributed by atoms with Crippen LogP contribution < -0.4 is 4.72 Å². The second-order valence-corrected chi connectivity index (χ2v) is 8.30. The first-order chi connectivity index (χ1) is 10.1. The number of nitrogens with one attached hydrogen (secondary N) is 1. The van der Waals surface area contributed by atoms with Gasteiger partial charge in [0.05, 0.1) is 18.1 Å². The van der Waals surface area contributed by atoms with E-state index in [4.69, 9.17) is 4.42 Å². The van der Waals surface area contributed by atoms with Gasteiger partial charge in [-0.3, -0.25) is 4.90 Å². The zero-order valence-electron chi connectivity index (χ0n) is 12.3. The summed E-state index contributed by atoms with van der Waals surface area (Å²) < 4.78 is 31.7. The lowest BCUT2D eigenvalue weighted by Gasteiger charge is -2.32. The van der Waals surface area contributed by atoms with E-state index in [-0.39, 0.29) is 5.25 Å². The zero-order chi connectivity index (χ0) is 14.7. The van der Waals surface area contributed by atoms with Crippen LogP contribution in [0.5, 0.6) is 0 Å². The van der Waals surface area contributed by atoms with Crippen molar-refractivity contribution >= 4 is 10.0 Å². The number of hydrogen-bond acceptors (Lipinski definition) is 4. The quantitative estimate of drug-likeness (QED) is 0.836. The highest BCUT2D eigenvalue weighted by atomic mass is 32.2. The molecule has 2 aliphatic rings. The Kier molecular flexibility index (Phi) is 4.66. The summed E-state index contributed by atoms with van der Waals surface area (Å²) >= 11 is 0. The largest absolute Gasteiger partial charge is 0.468 e. The molecule has 2 heterocycles. The van der Waals surface area contributed by atoms with Crippen LogP contribution in [0, 0.1) is 5.92 Å². The Labute approximate surface area is 126 Å². The third kappa shape index (κ3) is 4.31. The summed E-state index contributed by atoms with van der Waals surface area (Å²) in [6, 6.07) is 3.93. The first kappa shape index (κ1) is 15.1. The Morgan fingerprint density at radius 2 is 2.19 bits per heavy atom. The lowest BCUT2D eigenvalue weighted by molar-refractivity contribution is 0.152. The molecule has 1 atom stereocenters. The lowest BCUT2D eigenvalue weighted by atomic mass is 9.95. The van der Waals surface area contributed by atoms with Gasteiger partial charge in [-0.25, -0.2) is 13.1 Å². The zero-order valence-corrected chi connectivity index (χ0v) is 13.1. The van der Waals surface area contributed by atoms with E-state index in [0.29, 0.717) is 12.5 Å². The number of piperidine rings is 1. The number of furan rings is 1. The molecule has 1 aliphatic heterocycles. The molecular formula is C15H24N2O3S. The van der Waals surface area contributed by atoms with E-state index < -0.39 is 10.0 Å². The molecule has 6 heteroatoms. The highest BCUT2D eigenvalue weighted by Gasteiger charge is 2.35. The average molecular weight is 312 g/mol. The summed E-state index contributed by atoms with van der Waals surface area (Å²) in [5, 5.41) is -0.112. The van der Waals surface area contributed by atoms with Crippen LogP contribution in [-0.4, -0.2) is 38.2 Å². The van der Waals surface area contributed by atoms with E-state index >= 15 is 0 Å². The number of hydrogen-bond donors (Lipinski definition) is 1. The van der Waals surface area contributed by atoms with Crippen molar-refractivity contribution in [2.45, 2.75) is 43.9 Å². The van der Waals surface area contributed by atoms with Crippen LogP contribution in [0.15, 0.2) is 22.8 Å². The molecule has 0 radical (unpaired) electrons. The molecular weight excluding hydrogens is 288 g/mol. The summed E-state index contributed by atoms with van der Waals surface area (Å²) in [5.74, 6) is 1.58. The standard InChI is InChI=1S/C15H24N2O3S/c18-21(19,15-5-6-15)16-8-7-13-3-1-9-17(11-13)12-14-4-2-10-20-14/h2,4,10,13,15-16H,1,3,5-9,11-12H2. The Morgan fingerprint density at radius 3 is 2.90 bits per heavy atom. The van der Waals surface area contributed by atoms with Crippen molar-refractivity contribution in [2.24, 2.45) is 5.92 Å². The van der Waals surface area contributed by atoms with Crippen LogP contribution in [0.2, 0.25) is 0 Å². The third-order valence-electron chi connectivity index (χ3n) is 4.38. The molecule has 0 amide bonds. The number of sulfonamides is 1. The van der Waals surface area contributed by atoms with E-state index in [0.717, 1.165) is 44.7 Å². The van der Waals surface area contributed by atoms with Gasteiger partial charge in [0.15, 0.2) is 0 Å². The van der Waals surface area contributed by atoms with Gasteiger partial charge in [-0.15, -0.1) is 0 Å². The molecule has 0 bridgehead atoms. The number of likely N-dealkylation sites (tertiary alicyclic amines) is 1. The molecule has 1 aromatic rings. The van der Waals surface area contributed by atoms with Crippen LogP contribution in [0.1, 0.15) is 37.9 Å². The molecule has 1 saturated heterocycles. The summed E-state index contributed by atoms with van der Waals surface area (Å²) in [6.45, 7) is 3.58. The number of rotatable bonds is 7. The van der Waals surface area contributed by atoms with Gasteiger partial charge >= 0.3 is 0 Å². The van der Waals surface area contributed by atoms with Gasteiger partial charge in [0.25, 0.3) is 0 Å². The van der Waals surface area contributed by atoms with E-state index in [2.05, 4.69) is 9.62 Å². The fourth-order valence-electron chi connectivity index (χ4n) is 3.05. The van der Waals surface area contributed by atoms with Crippen molar-refractivity contribution in [1.82, 2.24) is 9.62 Å². The Hall–Kier alpha value is -0.850. The maximum atomic E-state index is 11.8. The molecule has 3 rings (SSSR count). The highest BCUT2D eigenvalue weighted by molar-refractivity contribution is 7.90. The number of nitrogens with zero attached hydrogens (tertiary/aromatic N) is 1. The van der Waals surface area contributed by atoms with E-state index in [9.17, 15) is 8.42 Å². The summed E-state index contributed by atoms with van der Waals surface area (Å²) in [4.78, 5) is 2.41. The lowest BCUT2D eigenvalue weighted by Crippen LogP contribution is -2.37. The summed E-state index contributed by atoms with van der Waals surface area (Å²) in [6.07, 6.45) is 6.68. The molecule has 1 aliphatic carbocycles. The fraction of sp³-hybridized carbons (Fsp3) is 0.733. The van der Waals surface area contributed by atoms with Crippen LogP contribution >= 0.6 is 0 Å². The molecule has 1 saturated carbocycles. The minimum atomic E-state index is -3.02. The molecule has 0 aromatic carbocycles. The van der Waals surface area contributed by atoms with Gasteiger partial charge in [-0.05, 0) is 56.7 Å². The van der Waals surface area contributed by atoms with Crippen LogP contribution in [0.4, 0.5) is 0 Å². The van der Waals surface area contributed by atoms with E-state index in [1.54, 1.807) is 6.26 Å². The minimum Gasteiger partial charge on any atom is -0.468 e. The summed E-state index contributed by atoms with van der Waals surface area (Å²) in [7, 11) is -3.02. The molecule has 1 aromatic heterocycles. The SMILES string of the molecule is O=S(=O)(NCCC1CCCN(Cc2ccco2)C1)C1CC1. The molecule has 1 unspecified atom stereocenters. The second-order valence-electron chi connectivity index (χ2n) is 6.25. The van der Waals surface area contributed by atoms with Gasteiger partial charge in [-0.2, -0.15) is 0 Å². The predicted molar refractivity (Wildman–Crippen MR) is 81.3 cm³/mol. The van der Waals surface area contributed by atoms with Crippen molar-refractivity contribution in [3.05, 3.63) is 24.2 Å². The van der Waals surface area contributed by atoms with Crippen LogP contribution in [-0.2, 0) is 16.6 Å². The average Bonchev–Trinajstić information content (AvgIpc) is 3.20. The van der Waals surface area contributed by atoms with Crippen molar-refractivity contribution in [1.29, 1.82) is 0 Å². The van der Waals surface area contributed by atoms with E-state index in [1.807, 2.05) is 12.1 Å². The van der Waals surface area contributed by atoms with Gasteiger partial charge in [0.1, 0.15) is 5.76 Å². The molecule has 2 fully saturated rings. The fourth-order valence-corrected chi connectivity index (χ4v) is 4.45. The minimum absolute atomic E-state index is 0.112. The maximum absolute atomic E-state index is 11.8.